The number of carbonyl (C=O) groups excluding carboxylic acids is 1. The molecular weight excluding hydrogens is 258 g/mol. The highest BCUT2D eigenvalue weighted by Crippen LogP contribution is 2.25. The summed E-state index contributed by atoms with van der Waals surface area (Å²) >= 11 is 0. The molecule has 0 saturated carbocycles. The first kappa shape index (κ1) is 14.0. The van der Waals surface area contributed by atoms with Gasteiger partial charge in [-0.3, -0.25) is 0 Å². The first-order chi connectivity index (χ1) is 9.27. The van der Waals surface area contributed by atoms with Crippen molar-refractivity contribution < 1.29 is 19.4 Å². The summed E-state index contributed by atoms with van der Waals surface area (Å²) in [7, 11) is 0. The van der Waals surface area contributed by atoms with Crippen LogP contribution in [0.25, 0.3) is 6.08 Å². The summed E-state index contributed by atoms with van der Waals surface area (Å²) < 4.78 is 5.12. The molecule has 0 bridgehead atoms. The highest BCUT2D eigenvalue weighted by Gasteiger charge is 2.31. The second-order valence-corrected chi connectivity index (χ2v) is 5.51. The number of cyclic esters (lactones) is 1. The molecule has 0 unspecified atom stereocenters. The smallest absolute Gasteiger partial charge is 0.363 e. The number of esters is 1. The molecule has 0 fully saturated rings. The van der Waals surface area contributed by atoms with E-state index in [1.165, 1.54) is 12.1 Å². The lowest BCUT2D eigenvalue weighted by Gasteiger charge is -2.15. The quantitative estimate of drug-likeness (QED) is 0.664. The van der Waals surface area contributed by atoms with E-state index < -0.39 is 11.9 Å². The van der Waals surface area contributed by atoms with Crippen LogP contribution in [0, 0.1) is 5.41 Å². The molecule has 5 nitrogen and oxygen atoms in total. The van der Waals surface area contributed by atoms with Crippen molar-refractivity contribution in [1.29, 1.82) is 0 Å². The topological polar surface area (TPSA) is 76.0 Å². The summed E-state index contributed by atoms with van der Waals surface area (Å²) in [4.78, 5) is 26.6. The summed E-state index contributed by atoms with van der Waals surface area (Å²) in [5.74, 6) is -1.09. The standard InChI is InChI=1S/C15H15NO4/c1-15(2,3)14-16-11(13(19)20-14)8-9-4-6-10(7-5-9)12(17)18/h4-8H,1-3H3,(H,17,18)/b11-8-. The van der Waals surface area contributed by atoms with E-state index >= 15 is 0 Å². The first-order valence-corrected chi connectivity index (χ1v) is 6.14. The SMILES string of the molecule is CC(C)(C)C1=N/C(=C\c2ccc(C(=O)O)cc2)C(=O)O1. The van der Waals surface area contributed by atoms with E-state index in [1.807, 2.05) is 20.8 Å². The van der Waals surface area contributed by atoms with Gasteiger partial charge in [-0.05, 0) is 23.8 Å². The molecule has 1 aliphatic rings. The zero-order chi connectivity index (χ0) is 14.9. The Hall–Kier alpha value is -2.43. The van der Waals surface area contributed by atoms with Crippen molar-refractivity contribution in [2.75, 3.05) is 0 Å². The van der Waals surface area contributed by atoms with E-state index in [0.29, 0.717) is 11.5 Å². The third-order valence-electron chi connectivity index (χ3n) is 2.72. The molecular formula is C15H15NO4. The highest BCUT2D eigenvalue weighted by molar-refractivity contribution is 6.08. The predicted molar refractivity (Wildman–Crippen MR) is 74.4 cm³/mol. The van der Waals surface area contributed by atoms with E-state index in [0.717, 1.165) is 0 Å². The van der Waals surface area contributed by atoms with Gasteiger partial charge in [0.05, 0.1) is 5.56 Å². The maximum absolute atomic E-state index is 11.7. The molecule has 0 spiro atoms. The van der Waals surface area contributed by atoms with Gasteiger partial charge >= 0.3 is 11.9 Å². The number of ether oxygens (including phenoxy) is 1. The maximum Gasteiger partial charge on any atom is 0.363 e. The van der Waals surface area contributed by atoms with Crippen LogP contribution in [0.5, 0.6) is 0 Å². The summed E-state index contributed by atoms with van der Waals surface area (Å²) in [5, 5.41) is 8.81. The van der Waals surface area contributed by atoms with Gasteiger partial charge in [-0.25, -0.2) is 14.6 Å². The van der Waals surface area contributed by atoms with E-state index in [9.17, 15) is 9.59 Å². The van der Waals surface area contributed by atoms with E-state index in [2.05, 4.69) is 4.99 Å². The minimum Gasteiger partial charge on any atom is -0.478 e. The molecule has 0 amide bonds. The van der Waals surface area contributed by atoms with Crippen LogP contribution in [0.3, 0.4) is 0 Å². The fraction of sp³-hybridized carbons (Fsp3) is 0.267. The number of nitrogens with zero attached hydrogens (tertiary/aromatic N) is 1. The molecule has 5 heteroatoms. The van der Waals surface area contributed by atoms with Crippen molar-refractivity contribution in [3.63, 3.8) is 0 Å². The number of aliphatic imine (C=N–C) groups is 1. The molecule has 1 aromatic carbocycles. The van der Waals surface area contributed by atoms with Crippen molar-refractivity contribution >= 4 is 23.9 Å². The summed E-state index contributed by atoms with van der Waals surface area (Å²) in [6.07, 6.45) is 1.58. The molecule has 1 aliphatic heterocycles. The van der Waals surface area contributed by atoms with Gasteiger partial charge in [-0.15, -0.1) is 0 Å². The van der Waals surface area contributed by atoms with Gasteiger partial charge in [0.25, 0.3) is 0 Å². The van der Waals surface area contributed by atoms with Crippen LogP contribution in [-0.4, -0.2) is 22.9 Å². The van der Waals surface area contributed by atoms with Crippen LogP contribution in [0.15, 0.2) is 35.0 Å². The molecule has 1 heterocycles. The lowest BCUT2D eigenvalue weighted by atomic mass is 9.97. The second-order valence-electron chi connectivity index (χ2n) is 5.51. The number of carbonyl (C=O) groups is 2. The first-order valence-electron chi connectivity index (χ1n) is 6.14. The fourth-order valence-electron chi connectivity index (χ4n) is 1.61. The Morgan fingerprint density at radius 2 is 1.85 bits per heavy atom. The van der Waals surface area contributed by atoms with Gasteiger partial charge in [-0.1, -0.05) is 32.9 Å². The van der Waals surface area contributed by atoms with Gasteiger partial charge in [0.2, 0.25) is 5.90 Å². The third kappa shape index (κ3) is 2.93. The zero-order valence-corrected chi connectivity index (χ0v) is 11.5. The van der Waals surface area contributed by atoms with Crippen LogP contribution in [0.1, 0.15) is 36.7 Å². The Labute approximate surface area is 116 Å². The van der Waals surface area contributed by atoms with Crippen LogP contribution < -0.4 is 0 Å². The molecule has 0 saturated heterocycles. The molecule has 20 heavy (non-hydrogen) atoms. The third-order valence-corrected chi connectivity index (χ3v) is 2.72. The Morgan fingerprint density at radius 3 is 2.30 bits per heavy atom. The lowest BCUT2D eigenvalue weighted by Crippen LogP contribution is -2.21. The van der Waals surface area contributed by atoms with Gasteiger partial charge in [0, 0.05) is 5.41 Å². The van der Waals surface area contributed by atoms with Gasteiger partial charge < -0.3 is 9.84 Å². The normalized spacial score (nSPS) is 17.1. The highest BCUT2D eigenvalue weighted by atomic mass is 16.6. The van der Waals surface area contributed by atoms with Crippen molar-refractivity contribution in [2.24, 2.45) is 10.4 Å². The number of carboxylic acids is 1. The molecule has 1 aromatic rings. The summed E-state index contributed by atoms with van der Waals surface area (Å²) in [6.45, 7) is 5.72. The van der Waals surface area contributed by atoms with Crippen molar-refractivity contribution in [3.05, 3.63) is 41.1 Å². The number of hydrogen-bond acceptors (Lipinski definition) is 4. The summed E-state index contributed by atoms with van der Waals surface area (Å²) in [6, 6.07) is 6.19. The Morgan fingerprint density at radius 1 is 1.25 bits per heavy atom. The van der Waals surface area contributed by atoms with Crippen molar-refractivity contribution in [2.45, 2.75) is 20.8 Å². The van der Waals surface area contributed by atoms with Crippen LogP contribution in [0.4, 0.5) is 0 Å². The summed E-state index contributed by atoms with van der Waals surface area (Å²) in [5.41, 5.74) is 0.775. The van der Waals surface area contributed by atoms with Gasteiger partial charge in [-0.2, -0.15) is 0 Å². The monoisotopic (exact) mass is 273 g/mol. The molecule has 1 N–H and O–H groups in total. The van der Waals surface area contributed by atoms with E-state index in [4.69, 9.17) is 9.84 Å². The Bertz CT molecular complexity index is 618. The molecule has 0 aromatic heterocycles. The zero-order valence-electron chi connectivity index (χ0n) is 11.5. The lowest BCUT2D eigenvalue weighted by molar-refractivity contribution is -0.130. The maximum atomic E-state index is 11.7. The van der Waals surface area contributed by atoms with Crippen LogP contribution in [-0.2, 0) is 9.53 Å². The van der Waals surface area contributed by atoms with Gasteiger partial charge in [0.1, 0.15) is 0 Å². The van der Waals surface area contributed by atoms with Crippen LogP contribution in [0.2, 0.25) is 0 Å². The Balaban J connectivity index is 2.29. The number of benzene rings is 1. The minimum atomic E-state index is -0.988. The molecule has 2 rings (SSSR count). The molecule has 0 atom stereocenters. The van der Waals surface area contributed by atoms with Gasteiger partial charge in [0.15, 0.2) is 5.70 Å². The van der Waals surface area contributed by atoms with Crippen LogP contribution >= 0.6 is 0 Å². The molecule has 0 aliphatic carbocycles. The average molecular weight is 273 g/mol. The predicted octanol–water partition coefficient (Wildman–Crippen LogP) is 2.73. The molecule has 104 valence electrons. The fourth-order valence-corrected chi connectivity index (χ4v) is 1.61. The van der Waals surface area contributed by atoms with E-state index in [-0.39, 0.29) is 16.7 Å². The molecule has 0 radical (unpaired) electrons. The second kappa shape index (κ2) is 4.92. The van der Waals surface area contributed by atoms with Crippen molar-refractivity contribution in [1.82, 2.24) is 0 Å². The van der Waals surface area contributed by atoms with E-state index in [1.54, 1.807) is 18.2 Å². The number of rotatable bonds is 2. The number of carboxylic acid groups (broad SMARTS) is 1. The minimum absolute atomic E-state index is 0.194. The number of hydrogen-bond donors (Lipinski definition) is 1. The largest absolute Gasteiger partial charge is 0.478 e. The van der Waals surface area contributed by atoms with Crippen molar-refractivity contribution in [3.8, 4) is 0 Å². The number of aromatic carboxylic acids is 1. The Kier molecular flexibility index (Phi) is 3.44. The average Bonchev–Trinajstić information content (AvgIpc) is 2.71.